The summed E-state index contributed by atoms with van der Waals surface area (Å²) in [4.78, 5) is 26.8. The molecule has 0 aromatic heterocycles. The molecule has 1 aliphatic heterocycles. The number of Topliss-reactive ketones (excluding diaryl/α,β-unsaturated/α-hetero) is 1. The van der Waals surface area contributed by atoms with Crippen molar-refractivity contribution in [1.29, 1.82) is 0 Å². The van der Waals surface area contributed by atoms with E-state index in [0.29, 0.717) is 5.75 Å². The first kappa shape index (κ1) is 36.3. The molecule has 0 amide bonds. The Labute approximate surface area is 242 Å². The third kappa shape index (κ3) is 11.1. The fourth-order valence-electron chi connectivity index (χ4n) is 4.02. The second kappa shape index (κ2) is 17.8. The van der Waals surface area contributed by atoms with Crippen molar-refractivity contribution in [3.8, 4) is 5.75 Å². The molecular weight excluding hydrogens is 506 g/mol. The van der Waals surface area contributed by atoms with Crippen molar-refractivity contribution in [2.45, 2.75) is 92.6 Å². The monoisotopic (exact) mass is 557 g/mol. The number of carbonyl (C=O) groups excluding carboxylic acids is 1. The summed E-state index contributed by atoms with van der Waals surface area (Å²) in [5.41, 5.74) is 3.89. The van der Waals surface area contributed by atoms with E-state index in [-0.39, 0.29) is 11.7 Å². The minimum absolute atomic E-state index is 0.127. The number of rotatable bonds is 8. The Morgan fingerprint density at radius 1 is 1.08 bits per heavy atom. The fourth-order valence-corrected chi connectivity index (χ4v) is 4.42. The van der Waals surface area contributed by atoms with Gasteiger partial charge >= 0.3 is 5.97 Å². The highest BCUT2D eigenvalue weighted by molar-refractivity contribution is 7.98. The lowest BCUT2D eigenvalue weighted by Crippen LogP contribution is -2.38. The number of hydrogen-bond donors (Lipinski definition) is 1. The maximum atomic E-state index is 12.4. The minimum Gasteiger partial charge on any atom is -0.478 e. The molecule has 0 saturated carbocycles. The molecular formula is C33H51NO4S. The SMILES string of the molecule is C=C(C)N1CCC(C(=O)c2ccc(SC)cc2)C1.CC.CC.CCc1cc(C)c(OC(C)(C)C(=O)O)c(C)c1. The highest BCUT2D eigenvalue weighted by Crippen LogP contribution is 2.29. The van der Waals surface area contributed by atoms with Crippen LogP contribution in [0.4, 0.5) is 0 Å². The molecule has 1 heterocycles. The first-order valence-corrected chi connectivity index (χ1v) is 15.2. The fraction of sp³-hybridized carbons (Fsp3) is 0.515. The Hall–Kier alpha value is -2.73. The largest absolute Gasteiger partial charge is 0.478 e. The molecule has 39 heavy (non-hydrogen) atoms. The normalized spacial score (nSPS) is 14.0. The van der Waals surface area contributed by atoms with Gasteiger partial charge in [0.2, 0.25) is 0 Å². The minimum atomic E-state index is -1.21. The van der Waals surface area contributed by atoms with E-state index in [0.717, 1.165) is 48.3 Å². The first-order chi connectivity index (χ1) is 18.4. The third-order valence-corrected chi connectivity index (χ3v) is 7.02. The highest BCUT2D eigenvalue weighted by Gasteiger charge is 2.30. The van der Waals surface area contributed by atoms with Crippen LogP contribution in [-0.2, 0) is 11.2 Å². The number of thioether (sulfide) groups is 1. The average molecular weight is 558 g/mol. The molecule has 0 spiro atoms. The Kier molecular flexibility index (Phi) is 16.5. The van der Waals surface area contributed by atoms with E-state index >= 15 is 0 Å². The van der Waals surface area contributed by atoms with E-state index in [4.69, 9.17) is 9.84 Å². The van der Waals surface area contributed by atoms with Crippen LogP contribution >= 0.6 is 11.8 Å². The van der Waals surface area contributed by atoms with Gasteiger partial charge in [-0.25, -0.2) is 4.79 Å². The number of benzene rings is 2. The van der Waals surface area contributed by atoms with Crippen molar-refractivity contribution in [2.24, 2.45) is 5.92 Å². The topological polar surface area (TPSA) is 66.8 Å². The van der Waals surface area contributed by atoms with E-state index < -0.39 is 11.6 Å². The van der Waals surface area contributed by atoms with Crippen molar-refractivity contribution >= 4 is 23.5 Å². The molecule has 1 atom stereocenters. The predicted octanol–water partition coefficient (Wildman–Crippen LogP) is 8.61. The van der Waals surface area contributed by atoms with E-state index in [2.05, 4.69) is 18.4 Å². The zero-order valence-corrected chi connectivity index (χ0v) is 26.9. The van der Waals surface area contributed by atoms with Gasteiger partial charge < -0.3 is 14.7 Å². The molecule has 1 fully saturated rings. The van der Waals surface area contributed by atoms with Crippen LogP contribution in [0.1, 0.15) is 88.9 Å². The lowest BCUT2D eigenvalue weighted by Gasteiger charge is -2.24. The molecule has 6 heteroatoms. The number of carboxylic acids is 1. The number of aryl methyl sites for hydroxylation is 3. The number of likely N-dealkylation sites (tertiary alicyclic amines) is 1. The van der Waals surface area contributed by atoms with Crippen molar-refractivity contribution < 1.29 is 19.4 Å². The molecule has 1 aliphatic rings. The van der Waals surface area contributed by atoms with Crippen molar-refractivity contribution in [1.82, 2.24) is 4.90 Å². The van der Waals surface area contributed by atoms with Gasteiger partial charge in [0.25, 0.3) is 0 Å². The van der Waals surface area contributed by atoms with Gasteiger partial charge in [-0.3, -0.25) is 4.79 Å². The van der Waals surface area contributed by atoms with E-state index in [9.17, 15) is 9.59 Å². The van der Waals surface area contributed by atoms with Crippen LogP contribution in [0.3, 0.4) is 0 Å². The van der Waals surface area contributed by atoms with Gasteiger partial charge in [-0.15, -0.1) is 11.8 Å². The number of ketones is 1. The molecule has 0 aliphatic carbocycles. The smallest absolute Gasteiger partial charge is 0.347 e. The number of nitrogens with zero attached hydrogens (tertiary/aromatic N) is 1. The molecule has 2 aromatic rings. The van der Waals surface area contributed by atoms with Crippen LogP contribution in [0.15, 0.2) is 53.6 Å². The first-order valence-electron chi connectivity index (χ1n) is 14.0. The van der Waals surface area contributed by atoms with Crippen LogP contribution in [-0.4, -0.2) is 46.7 Å². The van der Waals surface area contributed by atoms with Crippen LogP contribution < -0.4 is 4.74 Å². The van der Waals surface area contributed by atoms with Gasteiger partial charge in [0.05, 0.1) is 0 Å². The summed E-state index contributed by atoms with van der Waals surface area (Å²) in [5.74, 6) is 0.110. The summed E-state index contributed by atoms with van der Waals surface area (Å²) in [6.07, 6.45) is 3.94. The molecule has 2 aromatic carbocycles. The number of hydrogen-bond acceptors (Lipinski definition) is 5. The molecule has 1 unspecified atom stereocenters. The second-order valence-corrected chi connectivity index (χ2v) is 10.5. The zero-order chi connectivity index (χ0) is 30.3. The van der Waals surface area contributed by atoms with Gasteiger partial charge in [-0.05, 0) is 82.5 Å². The van der Waals surface area contributed by atoms with Crippen molar-refractivity contribution in [3.05, 3.63) is 70.9 Å². The maximum Gasteiger partial charge on any atom is 0.347 e. The van der Waals surface area contributed by atoms with Crippen LogP contribution in [0, 0.1) is 19.8 Å². The number of carboxylic acid groups (broad SMARTS) is 1. The Balaban J connectivity index is 0.000000658. The van der Waals surface area contributed by atoms with Gasteiger partial charge in [-0.2, -0.15) is 0 Å². The molecule has 5 nitrogen and oxygen atoms in total. The van der Waals surface area contributed by atoms with Crippen molar-refractivity contribution in [2.75, 3.05) is 19.3 Å². The van der Waals surface area contributed by atoms with Gasteiger partial charge in [0.1, 0.15) is 5.75 Å². The molecule has 3 rings (SSSR count). The summed E-state index contributed by atoms with van der Waals surface area (Å²) in [5, 5.41) is 9.06. The Morgan fingerprint density at radius 3 is 1.97 bits per heavy atom. The molecule has 1 N–H and O–H groups in total. The van der Waals surface area contributed by atoms with Crippen LogP contribution in [0.5, 0.6) is 5.75 Å². The summed E-state index contributed by atoms with van der Waals surface area (Å²) in [7, 11) is 0. The quantitative estimate of drug-likeness (QED) is 0.259. The lowest BCUT2D eigenvalue weighted by atomic mass is 9.97. The number of carbonyl (C=O) groups is 2. The highest BCUT2D eigenvalue weighted by atomic mass is 32.2. The number of ether oxygens (including phenoxy) is 1. The van der Waals surface area contributed by atoms with E-state index in [1.54, 1.807) is 25.6 Å². The Morgan fingerprint density at radius 2 is 1.59 bits per heavy atom. The number of allylic oxidation sites excluding steroid dienone is 1. The summed E-state index contributed by atoms with van der Waals surface area (Å²) < 4.78 is 5.62. The lowest BCUT2D eigenvalue weighted by molar-refractivity contribution is -0.152. The van der Waals surface area contributed by atoms with E-state index in [1.807, 2.05) is 91.1 Å². The molecule has 0 bridgehead atoms. The number of aliphatic carboxylic acids is 1. The Bertz CT molecular complexity index is 1040. The van der Waals surface area contributed by atoms with E-state index in [1.165, 1.54) is 10.5 Å². The zero-order valence-electron chi connectivity index (χ0n) is 26.1. The molecule has 218 valence electrons. The molecule has 1 saturated heterocycles. The third-order valence-electron chi connectivity index (χ3n) is 6.27. The second-order valence-electron chi connectivity index (χ2n) is 9.59. The predicted molar refractivity (Wildman–Crippen MR) is 167 cm³/mol. The maximum absolute atomic E-state index is 12.4. The van der Waals surface area contributed by atoms with Gasteiger partial charge in [0.15, 0.2) is 11.4 Å². The molecule has 0 radical (unpaired) electrons. The average Bonchev–Trinajstić information content (AvgIpc) is 3.44. The van der Waals surface area contributed by atoms with Gasteiger partial charge in [0, 0.05) is 35.2 Å². The summed E-state index contributed by atoms with van der Waals surface area (Å²) >= 11 is 1.69. The standard InChI is InChI=1S/C15H19NOS.C14H20O3.2C2H6/c1-11(2)16-9-8-13(10-16)15(17)12-4-6-14(18-3)7-5-12;1-6-11-7-9(2)12(10(3)8-11)17-14(4,5)13(15)16;2*1-2/h4-7,13H,1,8-10H2,2-3H3;7-8H,6H2,1-5H3,(H,15,16);2*1-2H3. The van der Waals surface area contributed by atoms with Crippen LogP contribution in [0.25, 0.3) is 0 Å². The summed E-state index contributed by atoms with van der Waals surface area (Å²) in [6, 6.07) is 12.0. The van der Waals surface area contributed by atoms with Gasteiger partial charge in [-0.1, -0.05) is 65.5 Å². The van der Waals surface area contributed by atoms with Crippen LogP contribution in [0.2, 0.25) is 0 Å². The summed E-state index contributed by atoms with van der Waals surface area (Å²) in [6.45, 7) is 24.8. The van der Waals surface area contributed by atoms with Crippen molar-refractivity contribution in [3.63, 3.8) is 0 Å².